The molecule has 0 aliphatic carbocycles. The van der Waals surface area contributed by atoms with Crippen molar-refractivity contribution in [2.75, 3.05) is 25.5 Å². The molecular weight excluding hydrogens is 1050 g/mol. The lowest BCUT2D eigenvalue weighted by molar-refractivity contribution is -0.144. The zero-order valence-electron chi connectivity index (χ0n) is 46.0. The Hall–Kier alpha value is -6.86. The molecule has 11 atom stereocenters. The lowest BCUT2D eigenvalue weighted by Gasteiger charge is -2.30. The van der Waals surface area contributed by atoms with Gasteiger partial charge < -0.3 is 90.8 Å². The van der Waals surface area contributed by atoms with E-state index in [0.717, 1.165) is 0 Å². The van der Waals surface area contributed by atoms with Crippen LogP contribution in [0.4, 0.5) is 0 Å². The van der Waals surface area contributed by atoms with Gasteiger partial charge in [-0.1, -0.05) is 69.2 Å². The molecule has 0 spiro atoms. The minimum atomic E-state index is -1.86. The first-order valence-electron chi connectivity index (χ1n) is 25.3. The number of guanidine groups is 1. The molecule has 0 fully saturated rings. The lowest BCUT2D eigenvalue weighted by Crippen LogP contribution is -2.62. The molecule has 10 amide bonds. The van der Waals surface area contributed by atoms with E-state index in [1.807, 2.05) is 0 Å². The molecule has 0 saturated carbocycles. The third-order valence-electron chi connectivity index (χ3n) is 11.7. The smallest absolute Gasteiger partial charge is 0.326 e. The van der Waals surface area contributed by atoms with Crippen LogP contribution in [-0.4, -0.2) is 189 Å². The van der Waals surface area contributed by atoms with Crippen molar-refractivity contribution in [1.29, 1.82) is 0 Å². The Kier molecular flexibility index (Phi) is 31.8. The molecular formula is C47H84N14O16S. The van der Waals surface area contributed by atoms with Crippen LogP contribution in [0.25, 0.3) is 0 Å². The highest BCUT2D eigenvalue weighted by atomic mass is 32.1. The predicted octanol–water partition coefficient (Wildman–Crippen LogP) is -6.01. The van der Waals surface area contributed by atoms with Crippen molar-refractivity contribution in [1.82, 2.24) is 53.2 Å². The van der Waals surface area contributed by atoms with E-state index in [2.05, 4.69) is 70.8 Å². The van der Waals surface area contributed by atoms with E-state index in [-0.39, 0.29) is 31.1 Å². The monoisotopic (exact) mass is 1130 g/mol. The summed E-state index contributed by atoms with van der Waals surface area (Å²) in [6.07, 6.45) is -1.03. The molecule has 0 aromatic rings. The van der Waals surface area contributed by atoms with E-state index in [4.69, 9.17) is 22.3 Å². The topological polar surface area (TPSA) is 496 Å². The number of carboxylic acid groups (broad SMARTS) is 2. The van der Waals surface area contributed by atoms with E-state index in [1.54, 1.807) is 41.5 Å². The summed E-state index contributed by atoms with van der Waals surface area (Å²) in [5.41, 5.74) is 16.4. The molecule has 0 bridgehead atoms. The van der Waals surface area contributed by atoms with Crippen molar-refractivity contribution in [3.63, 3.8) is 0 Å². The number of aliphatic hydroxyl groups excluding tert-OH is 2. The summed E-state index contributed by atoms with van der Waals surface area (Å²) in [6, 6.07) is -16.0. The number of aliphatic hydroxyl groups is 2. The standard InChI is InChI=1S/C47H84N14O16S/c1-19(2)31(42(72)53-26(13-12-14-51-47(49)50)38(68)57-33(21(5)6)44(74)60-34(22(7)8)45(75)61-35(23(9)10)46(76)77)59-40(70)28(17-63)55-43(73)32(20(3)4)58-39(69)27(15-30(64)65)54-41(71)29(18-78)56-36(66)24(11)52-37(67)25(48)16-62/h19-29,31-35,62-63,78H,12-18,48H2,1-11H3,(H,52,67)(H,53,72)(H,54,71)(H,55,73)(H,56,66)(H,57,68)(H,58,69)(H,59,70)(H,60,74)(H,61,75)(H,64,65)(H,76,77)(H4,49,50,51)/t24-,25-,26-,27-,28-,29-,31-,32-,33-,34-,35-/m0/s1. The Morgan fingerprint density at radius 1 is 0.436 bits per heavy atom. The van der Waals surface area contributed by atoms with Crippen LogP contribution in [0, 0.1) is 29.6 Å². The number of aliphatic imine (C=N–C) groups is 1. The second-order valence-electron chi connectivity index (χ2n) is 20.2. The minimum Gasteiger partial charge on any atom is -0.481 e. The van der Waals surface area contributed by atoms with Crippen molar-refractivity contribution in [3.8, 4) is 0 Å². The molecule has 30 nitrogen and oxygen atoms in total. The van der Waals surface area contributed by atoms with Gasteiger partial charge in [-0.25, -0.2) is 4.79 Å². The van der Waals surface area contributed by atoms with Gasteiger partial charge in [0.1, 0.15) is 66.5 Å². The first kappa shape index (κ1) is 71.1. The number of amides is 10. The molecule has 0 saturated heterocycles. The van der Waals surface area contributed by atoms with Gasteiger partial charge in [-0.15, -0.1) is 0 Å². The second-order valence-corrected chi connectivity index (χ2v) is 20.5. The van der Waals surface area contributed by atoms with Crippen molar-refractivity contribution in [3.05, 3.63) is 0 Å². The second kappa shape index (κ2) is 34.8. The minimum absolute atomic E-state index is 0.00664. The lowest BCUT2D eigenvalue weighted by atomic mass is 9.97. The first-order valence-corrected chi connectivity index (χ1v) is 25.9. The quantitative estimate of drug-likeness (QED) is 0.0122. The number of nitrogens with two attached hydrogens (primary N) is 3. The molecule has 20 N–H and O–H groups in total. The van der Waals surface area contributed by atoms with E-state index in [9.17, 15) is 72.9 Å². The largest absolute Gasteiger partial charge is 0.481 e. The number of carboxylic acids is 2. The van der Waals surface area contributed by atoms with E-state index < -0.39 is 187 Å². The fraction of sp³-hybridized carbons (Fsp3) is 0.723. The number of carbonyl (C=O) groups is 12. The highest BCUT2D eigenvalue weighted by Crippen LogP contribution is 2.12. The van der Waals surface area contributed by atoms with Crippen molar-refractivity contribution < 1.29 is 78.0 Å². The Morgan fingerprint density at radius 2 is 0.782 bits per heavy atom. The summed E-state index contributed by atoms with van der Waals surface area (Å²) in [7, 11) is 0. The molecule has 78 heavy (non-hydrogen) atoms. The van der Waals surface area contributed by atoms with E-state index >= 15 is 0 Å². The molecule has 31 heteroatoms. The summed E-state index contributed by atoms with van der Waals surface area (Å²) < 4.78 is 0. The average Bonchev–Trinajstić information content (AvgIpc) is 3.34. The Labute approximate surface area is 458 Å². The first-order chi connectivity index (χ1) is 36.1. The van der Waals surface area contributed by atoms with Crippen molar-refractivity contribution in [2.24, 2.45) is 51.8 Å². The predicted molar refractivity (Wildman–Crippen MR) is 285 cm³/mol. The van der Waals surface area contributed by atoms with Crippen LogP contribution in [-0.2, 0) is 57.5 Å². The number of hydrogen-bond acceptors (Lipinski definition) is 17. The maximum Gasteiger partial charge on any atom is 0.326 e. The molecule has 0 radical (unpaired) electrons. The van der Waals surface area contributed by atoms with Gasteiger partial charge in [0.25, 0.3) is 0 Å². The van der Waals surface area contributed by atoms with Crippen LogP contribution >= 0.6 is 12.6 Å². The van der Waals surface area contributed by atoms with Gasteiger partial charge >= 0.3 is 11.9 Å². The van der Waals surface area contributed by atoms with E-state index in [0.29, 0.717) is 0 Å². The number of thiol groups is 1. The van der Waals surface area contributed by atoms with Crippen LogP contribution in [0.3, 0.4) is 0 Å². The van der Waals surface area contributed by atoms with Crippen molar-refractivity contribution >= 4 is 89.6 Å². The molecule has 0 aromatic heterocycles. The Morgan fingerprint density at radius 3 is 1.15 bits per heavy atom. The van der Waals surface area contributed by atoms with Gasteiger partial charge in [0, 0.05) is 12.3 Å². The molecule has 0 aliphatic rings. The number of rotatable bonds is 35. The SMILES string of the molecule is CC(C)[C@H](NC(=O)[C@@H](NC(=O)[C@@H](NC(=O)[C@H](CCCN=C(N)N)NC(=O)[C@@H](NC(=O)[C@H](CO)NC(=O)[C@@H](NC(=O)[C@H](CC(=O)O)NC(=O)[C@H](CS)NC(=O)[C@H](C)NC(=O)[C@@H](N)CO)C(C)C)C(C)C)C(C)C)C(C)C)C(=O)O. The Balaban J connectivity index is 6.47. The maximum absolute atomic E-state index is 14.0. The molecule has 0 aliphatic heterocycles. The summed E-state index contributed by atoms with van der Waals surface area (Å²) >= 11 is 4.05. The summed E-state index contributed by atoms with van der Waals surface area (Å²) in [5, 5.41) is 62.6. The third-order valence-corrected chi connectivity index (χ3v) is 12.1. The highest BCUT2D eigenvalue weighted by Gasteiger charge is 2.38. The fourth-order valence-corrected chi connectivity index (χ4v) is 7.26. The normalized spacial score (nSPS) is 15.5. The number of hydrogen-bond donors (Lipinski definition) is 18. The summed E-state index contributed by atoms with van der Waals surface area (Å²) in [4.78, 5) is 162. The van der Waals surface area contributed by atoms with Gasteiger partial charge in [-0.05, 0) is 49.4 Å². The molecule has 0 aromatic carbocycles. The average molecular weight is 1130 g/mol. The van der Waals surface area contributed by atoms with Gasteiger partial charge in [0.2, 0.25) is 59.1 Å². The van der Waals surface area contributed by atoms with Crippen LogP contribution in [0.5, 0.6) is 0 Å². The Bertz CT molecular complexity index is 2130. The summed E-state index contributed by atoms with van der Waals surface area (Å²) in [6.45, 7) is 15.1. The van der Waals surface area contributed by atoms with Crippen LogP contribution in [0.15, 0.2) is 4.99 Å². The van der Waals surface area contributed by atoms with Crippen LogP contribution < -0.4 is 70.4 Å². The molecule has 0 unspecified atom stereocenters. The van der Waals surface area contributed by atoms with Crippen molar-refractivity contribution in [2.45, 2.75) is 162 Å². The zero-order chi connectivity index (χ0) is 60.5. The number of aliphatic carboxylic acids is 2. The van der Waals surface area contributed by atoms with E-state index in [1.165, 1.54) is 34.6 Å². The molecule has 0 rings (SSSR count). The van der Waals surface area contributed by atoms with Crippen LogP contribution in [0.1, 0.15) is 95.4 Å². The van der Waals surface area contributed by atoms with Gasteiger partial charge in [-0.2, -0.15) is 12.6 Å². The van der Waals surface area contributed by atoms with Gasteiger partial charge in [-0.3, -0.25) is 57.7 Å². The number of nitrogens with zero attached hydrogens (tertiary/aromatic N) is 1. The summed E-state index contributed by atoms with van der Waals surface area (Å²) in [5.74, 6) is -16.2. The third kappa shape index (κ3) is 24.6. The molecule has 0 heterocycles. The number of nitrogens with one attached hydrogen (secondary N) is 10. The van der Waals surface area contributed by atoms with Gasteiger partial charge in [0.05, 0.1) is 19.6 Å². The van der Waals surface area contributed by atoms with Gasteiger partial charge in [0.15, 0.2) is 5.96 Å². The zero-order valence-corrected chi connectivity index (χ0v) is 46.9. The maximum atomic E-state index is 14.0. The number of carbonyl (C=O) groups excluding carboxylic acids is 10. The van der Waals surface area contributed by atoms with Crippen LogP contribution in [0.2, 0.25) is 0 Å². The fourth-order valence-electron chi connectivity index (χ4n) is 7.01. The molecule has 444 valence electrons. The highest BCUT2D eigenvalue weighted by molar-refractivity contribution is 7.80.